The normalized spacial score (nSPS) is 31.9. The molecule has 8 heteroatoms. The number of aliphatic hydroxyl groups excluding tert-OH is 1. The first-order valence-corrected chi connectivity index (χ1v) is 14.1. The quantitative estimate of drug-likeness (QED) is 0.243. The Morgan fingerprint density at radius 2 is 1.95 bits per heavy atom. The van der Waals surface area contributed by atoms with E-state index in [-0.39, 0.29) is 37.0 Å². The van der Waals surface area contributed by atoms with Crippen LogP contribution >= 0.6 is 0 Å². The zero-order chi connectivity index (χ0) is 26.7. The minimum absolute atomic E-state index is 0.0801. The van der Waals surface area contributed by atoms with Crippen molar-refractivity contribution in [1.29, 1.82) is 0 Å². The Balaban J connectivity index is 1.70. The van der Waals surface area contributed by atoms with Crippen LogP contribution in [-0.2, 0) is 23.9 Å². The lowest BCUT2D eigenvalue weighted by molar-refractivity contribution is -0.157. The summed E-state index contributed by atoms with van der Waals surface area (Å²) in [5.74, 6) is -2.45. The molecule has 3 aliphatic heterocycles. The fraction of sp³-hybridized carbons (Fsp3) is 0.759. The SMILES string of the molecule is C=CCCCOC(=O)[C@@H]1[C@H]2C(=O)N([C@@H](CO)C(C)C)C(C(=O)N(CC=C)C3CCCCC3)C23CC[C@H]1O3. The molecule has 1 saturated carbocycles. The number of hydrogen-bond acceptors (Lipinski definition) is 6. The van der Waals surface area contributed by atoms with Crippen molar-refractivity contribution in [2.75, 3.05) is 19.8 Å². The third kappa shape index (κ3) is 4.87. The topological polar surface area (TPSA) is 96.4 Å². The van der Waals surface area contributed by atoms with Crippen LogP contribution in [0.1, 0.15) is 71.6 Å². The van der Waals surface area contributed by atoms with E-state index in [0.717, 1.165) is 38.5 Å². The zero-order valence-corrected chi connectivity index (χ0v) is 22.5. The molecule has 2 bridgehead atoms. The summed E-state index contributed by atoms with van der Waals surface area (Å²) >= 11 is 0. The summed E-state index contributed by atoms with van der Waals surface area (Å²) in [6.07, 6.45) is 10.8. The van der Waals surface area contributed by atoms with Gasteiger partial charge in [0.2, 0.25) is 11.8 Å². The van der Waals surface area contributed by atoms with Crippen molar-refractivity contribution < 1.29 is 29.0 Å². The number of carbonyl (C=O) groups is 3. The zero-order valence-electron chi connectivity index (χ0n) is 22.5. The molecule has 1 spiro atoms. The Morgan fingerprint density at radius 1 is 1.22 bits per heavy atom. The molecule has 4 fully saturated rings. The van der Waals surface area contributed by atoms with Crippen molar-refractivity contribution in [3.05, 3.63) is 25.3 Å². The number of hydrogen-bond donors (Lipinski definition) is 1. The maximum Gasteiger partial charge on any atom is 0.312 e. The summed E-state index contributed by atoms with van der Waals surface area (Å²) < 4.78 is 12.1. The minimum atomic E-state index is -1.08. The molecule has 6 atom stereocenters. The van der Waals surface area contributed by atoms with Crippen LogP contribution in [0.4, 0.5) is 0 Å². The van der Waals surface area contributed by atoms with E-state index in [4.69, 9.17) is 9.47 Å². The van der Waals surface area contributed by atoms with E-state index in [1.807, 2.05) is 18.7 Å². The first-order valence-electron chi connectivity index (χ1n) is 14.1. The molecule has 37 heavy (non-hydrogen) atoms. The average Bonchev–Trinajstić information content (AvgIpc) is 3.53. The highest BCUT2D eigenvalue weighted by molar-refractivity contribution is 5.98. The summed E-state index contributed by atoms with van der Waals surface area (Å²) in [5.41, 5.74) is -1.08. The van der Waals surface area contributed by atoms with Crippen LogP contribution in [0.5, 0.6) is 0 Å². The van der Waals surface area contributed by atoms with Crippen molar-refractivity contribution in [2.24, 2.45) is 17.8 Å². The Labute approximate surface area is 221 Å². The summed E-state index contributed by atoms with van der Waals surface area (Å²) in [7, 11) is 0. The number of allylic oxidation sites excluding steroid dienone is 1. The molecule has 3 heterocycles. The smallest absolute Gasteiger partial charge is 0.312 e. The fourth-order valence-electron chi connectivity index (χ4n) is 7.22. The third-order valence-corrected chi connectivity index (χ3v) is 8.98. The molecular weight excluding hydrogens is 472 g/mol. The molecule has 4 rings (SSSR count). The van der Waals surface area contributed by atoms with Gasteiger partial charge in [0.05, 0.1) is 37.2 Å². The fourth-order valence-corrected chi connectivity index (χ4v) is 7.22. The lowest BCUT2D eigenvalue weighted by Crippen LogP contribution is -2.61. The van der Waals surface area contributed by atoms with Crippen LogP contribution in [0.15, 0.2) is 25.3 Å². The predicted molar refractivity (Wildman–Crippen MR) is 139 cm³/mol. The van der Waals surface area contributed by atoms with Crippen molar-refractivity contribution in [1.82, 2.24) is 9.80 Å². The Morgan fingerprint density at radius 3 is 2.57 bits per heavy atom. The highest BCUT2D eigenvalue weighted by atomic mass is 16.6. The third-order valence-electron chi connectivity index (χ3n) is 8.98. The van der Waals surface area contributed by atoms with Crippen LogP contribution in [0.25, 0.3) is 0 Å². The molecule has 3 saturated heterocycles. The number of likely N-dealkylation sites (tertiary alicyclic amines) is 1. The summed E-state index contributed by atoms with van der Waals surface area (Å²) in [4.78, 5) is 45.4. The van der Waals surface area contributed by atoms with E-state index < -0.39 is 41.6 Å². The van der Waals surface area contributed by atoms with Gasteiger partial charge in [-0.05, 0) is 44.4 Å². The lowest BCUT2D eigenvalue weighted by atomic mass is 9.70. The summed E-state index contributed by atoms with van der Waals surface area (Å²) in [6, 6.07) is -1.34. The first kappa shape index (κ1) is 27.8. The predicted octanol–water partition coefficient (Wildman–Crippen LogP) is 3.23. The van der Waals surface area contributed by atoms with Gasteiger partial charge in [-0.15, -0.1) is 13.2 Å². The van der Waals surface area contributed by atoms with Gasteiger partial charge >= 0.3 is 5.97 Å². The average molecular weight is 517 g/mol. The maximum absolute atomic E-state index is 14.5. The number of nitrogens with zero attached hydrogens (tertiary/aromatic N) is 2. The first-order chi connectivity index (χ1) is 17.8. The second kappa shape index (κ2) is 11.7. The number of ether oxygens (including phenoxy) is 2. The molecule has 0 aromatic carbocycles. The number of fused-ring (bicyclic) bond motifs is 1. The highest BCUT2D eigenvalue weighted by Crippen LogP contribution is 2.59. The molecule has 4 aliphatic rings. The van der Waals surface area contributed by atoms with Crippen LogP contribution in [-0.4, -0.2) is 82.3 Å². The van der Waals surface area contributed by atoms with Crippen molar-refractivity contribution in [2.45, 2.75) is 101 Å². The van der Waals surface area contributed by atoms with Gasteiger partial charge in [-0.3, -0.25) is 14.4 Å². The van der Waals surface area contributed by atoms with E-state index in [9.17, 15) is 19.5 Å². The standard InChI is InChI=1S/C29H44N2O6/c1-5-7-11-17-36-28(35)23-22-14-15-29(37-22)24(23)26(33)31(21(18-32)19(3)4)25(29)27(34)30(16-6-2)20-12-9-8-10-13-20/h5-6,19-25,32H,1-2,7-18H2,3-4H3/t21-,22+,23-,24-,25?,29?/m0/s1. The number of aliphatic hydroxyl groups is 1. The number of carbonyl (C=O) groups excluding carboxylic acids is 3. The van der Waals surface area contributed by atoms with Crippen LogP contribution in [0.2, 0.25) is 0 Å². The Kier molecular flexibility index (Phi) is 8.79. The van der Waals surface area contributed by atoms with Crippen LogP contribution in [0, 0.1) is 17.8 Å². The van der Waals surface area contributed by atoms with E-state index in [0.29, 0.717) is 25.8 Å². The molecule has 2 amide bonds. The van der Waals surface area contributed by atoms with E-state index in [2.05, 4.69) is 13.2 Å². The van der Waals surface area contributed by atoms with Crippen molar-refractivity contribution >= 4 is 17.8 Å². The number of amides is 2. The van der Waals surface area contributed by atoms with E-state index in [1.54, 1.807) is 17.1 Å². The largest absolute Gasteiger partial charge is 0.465 e. The molecule has 1 aliphatic carbocycles. The molecule has 0 aromatic heterocycles. The van der Waals surface area contributed by atoms with Crippen LogP contribution < -0.4 is 0 Å². The molecule has 0 radical (unpaired) electrons. The second-order valence-corrected chi connectivity index (χ2v) is 11.5. The Bertz CT molecular complexity index is 884. The van der Waals surface area contributed by atoms with Gasteiger partial charge in [-0.2, -0.15) is 0 Å². The summed E-state index contributed by atoms with van der Waals surface area (Å²) in [5, 5.41) is 10.4. The van der Waals surface area contributed by atoms with E-state index in [1.165, 1.54) is 0 Å². The Hall–Kier alpha value is -2.19. The maximum atomic E-state index is 14.5. The van der Waals surface area contributed by atoms with Crippen molar-refractivity contribution in [3.8, 4) is 0 Å². The van der Waals surface area contributed by atoms with Gasteiger partial charge in [0.25, 0.3) is 0 Å². The van der Waals surface area contributed by atoms with Gasteiger partial charge in [0.1, 0.15) is 11.6 Å². The van der Waals surface area contributed by atoms with E-state index >= 15 is 0 Å². The van der Waals surface area contributed by atoms with Gasteiger partial charge in [-0.1, -0.05) is 45.3 Å². The van der Waals surface area contributed by atoms with Crippen LogP contribution in [0.3, 0.4) is 0 Å². The number of unbranched alkanes of at least 4 members (excludes halogenated alkanes) is 1. The molecule has 1 N–H and O–H groups in total. The lowest BCUT2D eigenvalue weighted by Gasteiger charge is -2.43. The molecule has 2 unspecified atom stereocenters. The molecule has 8 nitrogen and oxygen atoms in total. The summed E-state index contributed by atoms with van der Waals surface area (Å²) in [6.45, 7) is 11.9. The second-order valence-electron chi connectivity index (χ2n) is 11.5. The minimum Gasteiger partial charge on any atom is -0.465 e. The number of esters is 1. The van der Waals surface area contributed by atoms with Gasteiger partial charge in [0, 0.05) is 12.6 Å². The van der Waals surface area contributed by atoms with Crippen molar-refractivity contribution in [3.63, 3.8) is 0 Å². The molecule has 0 aromatic rings. The number of rotatable bonds is 12. The molecular formula is C29H44N2O6. The monoisotopic (exact) mass is 516 g/mol. The van der Waals surface area contributed by atoms with Gasteiger partial charge in [0.15, 0.2) is 0 Å². The van der Waals surface area contributed by atoms with Gasteiger partial charge in [-0.25, -0.2) is 0 Å². The molecule has 206 valence electrons. The van der Waals surface area contributed by atoms with Gasteiger partial charge < -0.3 is 24.4 Å². The highest BCUT2D eigenvalue weighted by Gasteiger charge is 2.75.